The lowest BCUT2D eigenvalue weighted by molar-refractivity contribution is -0.0382. The smallest absolute Gasteiger partial charge is 0.269 e. The summed E-state index contributed by atoms with van der Waals surface area (Å²) in [6.45, 7) is 0.955. The summed E-state index contributed by atoms with van der Waals surface area (Å²) >= 11 is 0. The molecule has 0 radical (unpaired) electrons. The molecule has 1 fully saturated rings. The highest BCUT2D eigenvalue weighted by Crippen LogP contribution is 2.17. The summed E-state index contributed by atoms with van der Waals surface area (Å²) in [6.07, 6.45) is -3.21. The third-order valence-electron chi connectivity index (χ3n) is 1.70. The third kappa shape index (κ3) is 1.62. The van der Waals surface area contributed by atoms with Gasteiger partial charge in [0.1, 0.15) is 0 Å². The van der Waals surface area contributed by atoms with Crippen LogP contribution >= 0.6 is 0 Å². The zero-order valence-corrected chi connectivity index (χ0v) is 5.56. The fourth-order valence-electron chi connectivity index (χ4n) is 1.15. The standard InChI is InChI=1S/C6H10F3N/c7-5(8)6(9)10-3-1-2-4-10/h5-6H,1-4H2. The zero-order valence-electron chi connectivity index (χ0n) is 5.56. The average molecular weight is 153 g/mol. The molecular formula is C6H10F3N. The molecule has 10 heavy (non-hydrogen) atoms. The molecule has 0 N–H and O–H groups in total. The van der Waals surface area contributed by atoms with Crippen LogP contribution in [0.3, 0.4) is 0 Å². The largest absolute Gasteiger partial charge is 0.282 e. The van der Waals surface area contributed by atoms with Gasteiger partial charge in [0.25, 0.3) is 6.43 Å². The van der Waals surface area contributed by atoms with Crippen molar-refractivity contribution >= 4 is 0 Å². The lowest BCUT2D eigenvalue weighted by Gasteiger charge is -2.18. The summed E-state index contributed by atoms with van der Waals surface area (Å²) in [5, 5.41) is 0. The van der Waals surface area contributed by atoms with Crippen LogP contribution < -0.4 is 0 Å². The summed E-state index contributed by atoms with van der Waals surface area (Å²) < 4.78 is 35.7. The van der Waals surface area contributed by atoms with E-state index in [0.29, 0.717) is 13.1 Å². The minimum absolute atomic E-state index is 0.478. The highest BCUT2D eigenvalue weighted by atomic mass is 19.3. The molecule has 0 aromatic heterocycles. The lowest BCUT2D eigenvalue weighted by atomic mass is 10.4. The maximum absolute atomic E-state index is 12.4. The molecule has 4 heteroatoms. The van der Waals surface area contributed by atoms with Crippen molar-refractivity contribution in [1.29, 1.82) is 0 Å². The van der Waals surface area contributed by atoms with Crippen LogP contribution in [0.15, 0.2) is 0 Å². The van der Waals surface area contributed by atoms with E-state index in [1.165, 1.54) is 4.90 Å². The van der Waals surface area contributed by atoms with Gasteiger partial charge in [-0.15, -0.1) is 0 Å². The Balaban J connectivity index is 2.32. The normalized spacial score (nSPS) is 24.0. The fourth-order valence-corrected chi connectivity index (χ4v) is 1.15. The van der Waals surface area contributed by atoms with Crippen molar-refractivity contribution in [3.05, 3.63) is 0 Å². The number of alkyl halides is 3. The first kappa shape index (κ1) is 7.85. The van der Waals surface area contributed by atoms with E-state index in [4.69, 9.17) is 0 Å². The molecule has 60 valence electrons. The number of hydrogen-bond donors (Lipinski definition) is 0. The second kappa shape index (κ2) is 3.23. The minimum atomic E-state index is -2.85. The summed E-state index contributed by atoms with van der Waals surface area (Å²) in [5.74, 6) is 0. The van der Waals surface area contributed by atoms with Crippen molar-refractivity contribution in [2.24, 2.45) is 0 Å². The Morgan fingerprint density at radius 1 is 1.00 bits per heavy atom. The van der Waals surface area contributed by atoms with E-state index in [-0.39, 0.29) is 0 Å². The molecule has 0 spiro atoms. The molecule has 1 rings (SSSR count). The Kier molecular flexibility index (Phi) is 2.54. The molecule has 0 bridgehead atoms. The quantitative estimate of drug-likeness (QED) is 0.545. The summed E-state index contributed by atoms with van der Waals surface area (Å²) in [4.78, 5) is 1.19. The third-order valence-corrected chi connectivity index (χ3v) is 1.70. The van der Waals surface area contributed by atoms with Crippen molar-refractivity contribution in [2.75, 3.05) is 13.1 Å². The topological polar surface area (TPSA) is 3.24 Å². The van der Waals surface area contributed by atoms with Gasteiger partial charge >= 0.3 is 0 Å². The summed E-state index contributed by atoms with van der Waals surface area (Å²) in [7, 11) is 0. The molecule has 0 aromatic rings. The first-order valence-corrected chi connectivity index (χ1v) is 3.38. The predicted molar refractivity (Wildman–Crippen MR) is 31.7 cm³/mol. The van der Waals surface area contributed by atoms with Crippen LogP contribution in [0.25, 0.3) is 0 Å². The Hall–Kier alpha value is -0.250. The molecule has 1 atom stereocenters. The van der Waals surface area contributed by atoms with Gasteiger partial charge in [-0.3, -0.25) is 4.90 Å². The average Bonchev–Trinajstić information content (AvgIpc) is 2.36. The molecule has 1 heterocycles. The van der Waals surface area contributed by atoms with Crippen LogP contribution in [-0.4, -0.2) is 30.7 Å². The van der Waals surface area contributed by atoms with Gasteiger partial charge in [0.05, 0.1) is 0 Å². The molecule has 1 aliphatic rings. The van der Waals surface area contributed by atoms with Gasteiger partial charge in [-0.25, -0.2) is 13.2 Å². The van der Waals surface area contributed by atoms with Crippen molar-refractivity contribution in [2.45, 2.75) is 25.6 Å². The van der Waals surface area contributed by atoms with Crippen LogP contribution in [-0.2, 0) is 0 Å². The molecule has 1 nitrogen and oxygen atoms in total. The van der Waals surface area contributed by atoms with Gasteiger partial charge in [-0.2, -0.15) is 0 Å². The van der Waals surface area contributed by atoms with Gasteiger partial charge < -0.3 is 0 Å². The molecule has 1 unspecified atom stereocenters. The maximum atomic E-state index is 12.4. The first-order chi connectivity index (χ1) is 4.72. The van der Waals surface area contributed by atoms with Crippen LogP contribution in [0, 0.1) is 0 Å². The SMILES string of the molecule is FC(F)C(F)N1CCCC1. The van der Waals surface area contributed by atoms with E-state index in [0.717, 1.165) is 12.8 Å². The second-order valence-corrected chi connectivity index (χ2v) is 2.45. The zero-order chi connectivity index (χ0) is 7.56. The van der Waals surface area contributed by atoms with Crippen molar-refractivity contribution in [1.82, 2.24) is 4.90 Å². The van der Waals surface area contributed by atoms with Crippen molar-refractivity contribution < 1.29 is 13.2 Å². The van der Waals surface area contributed by atoms with Crippen molar-refractivity contribution in [3.63, 3.8) is 0 Å². The van der Waals surface area contributed by atoms with Crippen LogP contribution in [0.1, 0.15) is 12.8 Å². The van der Waals surface area contributed by atoms with Gasteiger partial charge in [-0.05, 0) is 12.8 Å². The Morgan fingerprint density at radius 2 is 1.50 bits per heavy atom. The van der Waals surface area contributed by atoms with E-state index < -0.39 is 12.7 Å². The van der Waals surface area contributed by atoms with Crippen molar-refractivity contribution in [3.8, 4) is 0 Å². The minimum Gasteiger partial charge on any atom is -0.269 e. The second-order valence-electron chi connectivity index (χ2n) is 2.45. The monoisotopic (exact) mass is 153 g/mol. The first-order valence-electron chi connectivity index (χ1n) is 3.38. The van der Waals surface area contributed by atoms with E-state index in [1.807, 2.05) is 0 Å². The van der Waals surface area contributed by atoms with E-state index in [9.17, 15) is 13.2 Å². The number of likely N-dealkylation sites (tertiary alicyclic amines) is 1. The number of rotatable bonds is 2. The van der Waals surface area contributed by atoms with E-state index >= 15 is 0 Å². The molecule has 0 saturated carbocycles. The van der Waals surface area contributed by atoms with E-state index in [1.54, 1.807) is 0 Å². The Morgan fingerprint density at radius 3 is 1.90 bits per heavy atom. The summed E-state index contributed by atoms with van der Waals surface area (Å²) in [6, 6.07) is 0. The fraction of sp³-hybridized carbons (Fsp3) is 1.00. The van der Waals surface area contributed by atoms with Gasteiger partial charge in [0.15, 0.2) is 0 Å². The van der Waals surface area contributed by atoms with Crippen LogP contribution in [0.4, 0.5) is 13.2 Å². The van der Waals surface area contributed by atoms with Crippen LogP contribution in [0.2, 0.25) is 0 Å². The maximum Gasteiger partial charge on any atom is 0.282 e. The predicted octanol–water partition coefficient (Wildman–Crippen LogP) is 1.64. The molecular weight excluding hydrogens is 143 g/mol. The molecule has 0 aromatic carbocycles. The van der Waals surface area contributed by atoms with E-state index in [2.05, 4.69) is 0 Å². The highest BCUT2D eigenvalue weighted by molar-refractivity contribution is 4.70. The number of halogens is 3. The van der Waals surface area contributed by atoms with Crippen LogP contribution in [0.5, 0.6) is 0 Å². The Labute approximate surface area is 57.8 Å². The molecule has 1 aliphatic heterocycles. The van der Waals surface area contributed by atoms with Gasteiger partial charge in [0, 0.05) is 13.1 Å². The lowest BCUT2D eigenvalue weighted by Crippen LogP contribution is -2.34. The highest BCUT2D eigenvalue weighted by Gasteiger charge is 2.28. The molecule has 1 saturated heterocycles. The molecule has 0 aliphatic carbocycles. The summed E-state index contributed by atoms with van der Waals surface area (Å²) in [5.41, 5.74) is 0. The molecule has 0 amide bonds. The van der Waals surface area contributed by atoms with Gasteiger partial charge in [-0.1, -0.05) is 0 Å². The number of nitrogens with zero attached hydrogens (tertiary/aromatic N) is 1. The number of hydrogen-bond acceptors (Lipinski definition) is 1. The van der Waals surface area contributed by atoms with Gasteiger partial charge in [0.2, 0.25) is 6.30 Å². The Bertz CT molecular complexity index is 101.